The SMILES string of the molecule is CC[C@H](C)C1NC(=O)[C@H](CC(C)C)N(C)C(=O)CCN(C)C(=O)[C@H](C(C)C)N(C)C(=O)CCCCNC(=O)[C@@H]2CCCN2C(=O)[C@H](CCc2ccc(C(F)(F)F)c(F)c2)NC(=O)CN(C)C(=O)[C@H](CC2CCCCC2)N(C)C(=O)CN(C)C(=O)CN(C)C1=O. The molecule has 0 aromatic heterocycles. The quantitative estimate of drug-likeness (QED) is 0.276. The third kappa shape index (κ3) is 21.4. The maximum Gasteiger partial charge on any atom is 0.419 e. The number of nitrogens with one attached hydrogen (secondary N) is 3. The molecule has 11 amide bonds. The molecule has 3 aliphatic rings. The van der Waals surface area contributed by atoms with Gasteiger partial charge in [0.25, 0.3) is 0 Å². The fourth-order valence-corrected chi connectivity index (χ4v) is 11.9. The second-order valence-electron chi connectivity index (χ2n) is 25.5. The number of hydrogen-bond donors (Lipinski definition) is 3. The van der Waals surface area contributed by atoms with E-state index in [0.29, 0.717) is 37.8 Å². The number of hydrogen-bond acceptors (Lipinski definition) is 11. The van der Waals surface area contributed by atoms with Crippen LogP contribution in [-0.2, 0) is 65.3 Å². The number of carbonyl (C=O) groups excluding carboxylic acids is 11. The molecule has 22 nitrogen and oxygen atoms in total. The minimum absolute atomic E-state index is 0.0133. The molecule has 7 atom stereocenters. The van der Waals surface area contributed by atoms with Crippen LogP contribution in [0.15, 0.2) is 18.2 Å². The summed E-state index contributed by atoms with van der Waals surface area (Å²) in [4.78, 5) is 166. The first-order chi connectivity index (χ1) is 41.7. The van der Waals surface area contributed by atoms with Crippen LogP contribution in [0.2, 0.25) is 0 Å². The molecule has 3 fully saturated rings. The van der Waals surface area contributed by atoms with Gasteiger partial charge >= 0.3 is 6.18 Å². The highest BCUT2D eigenvalue weighted by Gasteiger charge is 2.41. The maximum absolute atomic E-state index is 14.8. The van der Waals surface area contributed by atoms with E-state index in [9.17, 15) is 70.3 Å². The van der Waals surface area contributed by atoms with Crippen molar-refractivity contribution >= 4 is 65.0 Å². The topological polar surface area (TPSA) is 250 Å². The fraction of sp³-hybridized carbons (Fsp3) is 0.730. The summed E-state index contributed by atoms with van der Waals surface area (Å²) < 4.78 is 55.3. The standard InChI is InChI=1S/C63H99F4N11O11/c1-14-41(6)55-61(88)74(10)37-53(82)72(8)38-54(83)76(12)49(35-42-21-16-15-17-22-42)60(87)73(9)36-50(79)69-46(28-26-43-25-27-44(45(64)34-43)63(65,66)67)59(86)78-31-20-23-47(78)57(84)68-30-19-18-24-51(80)77(13)56(40(4)5)62(89)71(7)32-29-52(81)75(11)48(33-39(2)3)58(85)70-55/h25,27,34,39-42,46-49,55-56H,14-24,26,28-33,35-38H2,1-13H3,(H,68,84)(H,69,79)(H,70,85)/t41-,46-,47-,48-,49-,55?,56-/m0/s1. The van der Waals surface area contributed by atoms with Crippen molar-refractivity contribution in [3.8, 4) is 0 Å². The Balaban J connectivity index is 1.69. The summed E-state index contributed by atoms with van der Waals surface area (Å²) in [6.07, 6.45) is 0.973. The third-order valence-electron chi connectivity index (χ3n) is 17.7. The van der Waals surface area contributed by atoms with E-state index in [1.807, 2.05) is 20.8 Å². The molecule has 1 aromatic carbocycles. The van der Waals surface area contributed by atoms with Gasteiger partial charge in [0.15, 0.2) is 0 Å². The van der Waals surface area contributed by atoms with Gasteiger partial charge in [-0.1, -0.05) is 86.1 Å². The van der Waals surface area contributed by atoms with E-state index in [1.165, 1.54) is 73.8 Å². The lowest BCUT2D eigenvalue weighted by Gasteiger charge is -2.35. The van der Waals surface area contributed by atoms with E-state index in [2.05, 4.69) is 16.0 Å². The molecule has 1 unspecified atom stereocenters. The number of benzene rings is 1. The van der Waals surface area contributed by atoms with Crippen LogP contribution in [-0.4, -0.2) is 229 Å². The minimum Gasteiger partial charge on any atom is -0.354 e. The molecule has 0 bridgehead atoms. The summed E-state index contributed by atoms with van der Waals surface area (Å²) in [6, 6.07) is -4.23. The lowest BCUT2D eigenvalue weighted by Crippen LogP contribution is -2.57. The molecule has 4 rings (SSSR count). The van der Waals surface area contributed by atoms with E-state index in [1.54, 1.807) is 20.8 Å². The van der Waals surface area contributed by atoms with Gasteiger partial charge in [-0.15, -0.1) is 0 Å². The Morgan fingerprint density at radius 1 is 0.596 bits per heavy atom. The number of likely N-dealkylation sites (N-methyl/N-ethyl adjacent to an activating group) is 7. The number of alkyl halides is 3. The Kier molecular flexibility index (Phi) is 28.8. The molecule has 2 aliphatic heterocycles. The molecule has 26 heteroatoms. The van der Waals surface area contributed by atoms with Gasteiger partial charge in [-0.2, -0.15) is 13.2 Å². The van der Waals surface area contributed by atoms with E-state index >= 15 is 0 Å². The first kappa shape index (κ1) is 74.6. The zero-order valence-corrected chi connectivity index (χ0v) is 54.6. The van der Waals surface area contributed by atoms with Crippen molar-refractivity contribution in [3.63, 3.8) is 0 Å². The number of rotatable bonds is 10. The second-order valence-corrected chi connectivity index (χ2v) is 25.5. The van der Waals surface area contributed by atoms with Crippen LogP contribution >= 0.6 is 0 Å². The van der Waals surface area contributed by atoms with Crippen molar-refractivity contribution < 1.29 is 70.3 Å². The molecule has 500 valence electrons. The highest BCUT2D eigenvalue weighted by atomic mass is 19.4. The Morgan fingerprint density at radius 2 is 1.21 bits per heavy atom. The van der Waals surface area contributed by atoms with Crippen molar-refractivity contribution in [2.45, 2.75) is 187 Å². The normalized spacial score (nSPS) is 24.8. The molecule has 89 heavy (non-hydrogen) atoms. The molecular weight excluding hydrogens is 1160 g/mol. The average molecular weight is 1260 g/mol. The zero-order valence-electron chi connectivity index (χ0n) is 54.6. The predicted molar refractivity (Wildman–Crippen MR) is 325 cm³/mol. The third-order valence-corrected chi connectivity index (χ3v) is 17.7. The van der Waals surface area contributed by atoms with Gasteiger partial charge in [0.05, 0.1) is 25.2 Å². The lowest BCUT2D eigenvalue weighted by atomic mass is 9.84. The monoisotopic (exact) mass is 1260 g/mol. The lowest BCUT2D eigenvalue weighted by molar-refractivity contribution is -0.149. The number of nitrogens with zero attached hydrogens (tertiary/aromatic N) is 8. The molecule has 0 radical (unpaired) electrons. The highest BCUT2D eigenvalue weighted by molar-refractivity contribution is 5.96. The van der Waals surface area contributed by atoms with Crippen molar-refractivity contribution in [2.24, 2.45) is 23.7 Å². The Bertz CT molecular complexity index is 2660. The van der Waals surface area contributed by atoms with E-state index < -0.39 is 138 Å². The Labute approximate surface area is 522 Å². The summed E-state index contributed by atoms with van der Waals surface area (Å²) in [6.45, 7) is 9.47. The molecule has 0 spiro atoms. The van der Waals surface area contributed by atoms with Crippen LogP contribution in [0.1, 0.15) is 149 Å². The molecule has 1 aromatic rings. The van der Waals surface area contributed by atoms with Gasteiger partial charge in [0.2, 0.25) is 65.0 Å². The number of amides is 11. The summed E-state index contributed by atoms with van der Waals surface area (Å²) in [5.41, 5.74) is -1.39. The smallest absolute Gasteiger partial charge is 0.354 e. The van der Waals surface area contributed by atoms with Crippen LogP contribution in [0.4, 0.5) is 17.6 Å². The van der Waals surface area contributed by atoms with Crippen LogP contribution in [0.25, 0.3) is 0 Å². The minimum atomic E-state index is -4.97. The maximum atomic E-state index is 14.8. The highest BCUT2D eigenvalue weighted by Crippen LogP contribution is 2.33. The number of carbonyl (C=O) groups is 11. The van der Waals surface area contributed by atoms with Crippen molar-refractivity contribution in [2.75, 3.05) is 88.6 Å². The molecule has 3 N–H and O–H groups in total. The van der Waals surface area contributed by atoms with E-state index in [-0.39, 0.29) is 93.8 Å². The summed E-state index contributed by atoms with van der Waals surface area (Å²) >= 11 is 0. The fourth-order valence-electron chi connectivity index (χ4n) is 11.9. The van der Waals surface area contributed by atoms with Gasteiger partial charge in [-0.3, -0.25) is 52.7 Å². The largest absolute Gasteiger partial charge is 0.419 e. The van der Waals surface area contributed by atoms with Gasteiger partial charge in [0, 0.05) is 81.8 Å². The molecule has 2 heterocycles. The number of aryl methyl sites for hydroxylation is 1. The van der Waals surface area contributed by atoms with Crippen molar-refractivity contribution in [1.29, 1.82) is 0 Å². The molecule has 2 saturated heterocycles. The van der Waals surface area contributed by atoms with Gasteiger partial charge in [0.1, 0.15) is 42.1 Å². The van der Waals surface area contributed by atoms with Crippen LogP contribution in [0.5, 0.6) is 0 Å². The predicted octanol–water partition coefficient (Wildman–Crippen LogP) is 4.46. The Hall–Kier alpha value is -6.89. The van der Waals surface area contributed by atoms with Gasteiger partial charge < -0.3 is 55.1 Å². The summed E-state index contributed by atoms with van der Waals surface area (Å²) in [5.74, 6) is -8.69. The van der Waals surface area contributed by atoms with Crippen LogP contribution < -0.4 is 16.0 Å². The summed E-state index contributed by atoms with van der Waals surface area (Å²) in [7, 11) is 10.1. The first-order valence-electron chi connectivity index (χ1n) is 31.5. The summed E-state index contributed by atoms with van der Waals surface area (Å²) in [5, 5.41) is 8.38. The van der Waals surface area contributed by atoms with Crippen LogP contribution in [0.3, 0.4) is 0 Å². The molecule has 1 aliphatic carbocycles. The average Bonchev–Trinajstić information content (AvgIpc) is 4.23. The molecule has 1 saturated carbocycles. The van der Waals surface area contributed by atoms with Crippen molar-refractivity contribution in [1.82, 2.24) is 55.1 Å². The Morgan fingerprint density at radius 3 is 1.82 bits per heavy atom. The zero-order chi connectivity index (χ0) is 66.8. The van der Waals surface area contributed by atoms with Gasteiger partial charge in [-0.25, -0.2) is 4.39 Å². The van der Waals surface area contributed by atoms with E-state index in [0.717, 1.165) is 52.9 Å². The number of halogens is 4. The van der Waals surface area contributed by atoms with E-state index in [4.69, 9.17) is 0 Å². The van der Waals surface area contributed by atoms with Crippen LogP contribution in [0, 0.1) is 29.5 Å². The van der Waals surface area contributed by atoms with Gasteiger partial charge in [-0.05, 0) is 92.7 Å². The second kappa shape index (κ2) is 34.3. The first-order valence-corrected chi connectivity index (χ1v) is 31.5. The number of fused-ring (bicyclic) bond motifs is 1. The van der Waals surface area contributed by atoms with Crippen molar-refractivity contribution in [3.05, 3.63) is 35.1 Å². The molecular formula is C63H99F4N11O11.